The van der Waals surface area contributed by atoms with Crippen LogP contribution < -0.4 is 5.32 Å². The van der Waals surface area contributed by atoms with Crippen molar-refractivity contribution in [2.24, 2.45) is 0 Å². The van der Waals surface area contributed by atoms with Gasteiger partial charge in [0, 0.05) is 18.1 Å². The first kappa shape index (κ1) is 21.3. The Kier molecular flexibility index (Phi) is 15.4. The Bertz CT molecular complexity index is 340. The maximum atomic E-state index is 6.14. The largest absolute Gasteiger partial charge is 0.394 e. The van der Waals surface area contributed by atoms with Gasteiger partial charge in [0.25, 0.3) is 0 Å². The van der Waals surface area contributed by atoms with Gasteiger partial charge in [0.15, 0.2) is 0 Å². The molecule has 0 bridgehead atoms. The highest BCUT2D eigenvalue weighted by molar-refractivity contribution is 6.31. The molecule has 0 aromatic heterocycles. The van der Waals surface area contributed by atoms with E-state index in [0.29, 0.717) is 6.04 Å². The van der Waals surface area contributed by atoms with E-state index in [4.69, 9.17) is 11.6 Å². The molecule has 1 rings (SSSR count). The van der Waals surface area contributed by atoms with Gasteiger partial charge in [-0.3, -0.25) is 4.90 Å². The predicted molar refractivity (Wildman–Crippen MR) is 93.4 cm³/mol. The average Bonchev–Trinajstić information content (AvgIpc) is 2.49. The van der Waals surface area contributed by atoms with Gasteiger partial charge in [0.2, 0.25) is 0 Å². The number of benzene rings is 1. The van der Waals surface area contributed by atoms with Gasteiger partial charge in [-0.05, 0) is 44.8 Å². The molecule has 20 heavy (non-hydrogen) atoms. The number of nitrogens with zero attached hydrogens (tertiary/aromatic N) is 1. The molecule has 0 saturated heterocycles. The third-order valence-corrected chi connectivity index (χ3v) is 3.14. The van der Waals surface area contributed by atoms with Crippen molar-refractivity contribution in [2.75, 3.05) is 20.6 Å². The lowest BCUT2D eigenvalue weighted by Gasteiger charge is -2.25. The topological polar surface area (TPSA) is 15.3 Å². The lowest BCUT2D eigenvalue weighted by molar-refractivity contribution is 0.262. The molecule has 0 fully saturated rings. The molecule has 2 nitrogen and oxygen atoms in total. The first-order valence-electron chi connectivity index (χ1n) is 7.31. The Morgan fingerprint density at radius 3 is 2.25 bits per heavy atom. The van der Waals surface area contributed by atoms with Crippen LogP contribution >= 0.6 is 11.6 Å². The Morgan fingerprint density at radius 1 is 1.35 bits per heavy atom. The molecular formula is C17H31ClN2. The molecule has 0 aliphatic heterocycles. The molecule has 1 unspecified atom stereocenters. The summed E-state index contributed by atoms with van der Waals surface area (Å²) >= 11 is 6.14. The number of hydrogen-bond acceptors (Lipinski definition) is 2. The summed E-state index contributed by atoms with van der Waals surface area (Å²) in [6, 6.07) is 8.45. The van der Waals surface area contributed by atoms with Gasteiger partial charge in [-0.1, -0.05) is 57.2 Å². The maximum Gasteiger partial charge on any atom is 0.0453 e. The van der Waals surface area contributed by atoms with Gasteiger partial charge in [-0.25, -0.2) is 0 Å². The molecule has 1 aromatic rings. The third-order valence-electron chi connectivity index (χ3n) is 2.80. The monoisotopic (exact) mass is 298 g/mol. The van der Waals surface area contributed by atoms with Crippen molar-refractivity contribution in [3.8, 4) is 0 Å². The minimum Gasteiger partial charge on any atom is -0.394 e. The highest BCUT2D eigenvalue weighted by Crippen LogP contribution is 2.25. The van der Waals surface area contributed by atoms with Crippen molar-refractivity contribution in [1.29, 1.82) is 0 Å². The lowest BCUT2D eigenvalue weighted by atomic mass is 10.1. The van der Waals surface area contributed by atoms with E-state index < -0.39 is 0 Å². The summed E-state index contributed by atoms with van der Waals surface area (Å²) in [6.07, 6.45) is 2.80. The Hall–Kier alpha value is -0.990. The Balaban J connectivity index is 0. The molecule has 1 N–H and O–H groups in total. The van der Waals surface area contributed by atoms with Crippen LogP contribution in [0.15, 0.2) is 37.0 Å². The second kappa shape index (κ2) is 14.4. The second-order valence-electron chi connectivity index (χ2n) is 4.17. The average molecular weight is 299 g/mol. The SMILES string of the molecule is C=CNC.CC.CCCN(C)C(C)c1ccccc1Cl. The molecule has 0 amide bonds. The minimum absolute atomic E-state index is 0.392. The van der Waals surface area contributed by atoms with Crippen molar-refractivity contribution in [1.82, 2.24) is 10.2 Å². The van der Waals surface area contributed by atoms with Crippen LogP contribution in [0.4, 0.5) is 0 Å². The van der Waals surface area contributed by atoms with E-state index in [9.17, 15) is 0 Å². The number of hydrogen-bond donors (Lipinski definition) is 1. The smallest absolute Gasteiger partial charge is 0.0453 e. The van der Waals surface area contributed by atoms with Gasteiger partial charge in [0.1, 0.15) is 0 Å². The first-order chi connectivity index (χ1) is 9.58. The predicted octanol–water partition coefficient (Wildman–Crippen LogP) is 5.12. The van der Waals surface area contributed by atoms with E-state index in [2.05, 4.69) is 43.8 Å². The summed E-state index contributed by atoms with van der Waals surface area (Å²) in [5, 5.41) is 3.56. The Labute approximate surface area is 130 Å². The molecule has 1 atom stereocenters. The first-order valence-corrected chi connectivity index (χ1v) is 7.69. The van der Waals surface area contributed by atoms with Crippen LogP contribution in [0.1, 0.15) is 45.7 Å². The van der Waals surface area contributed by atoms with Gasteiger partial charge >= 0.3 is 0 Å². The van der Waals surface area contributed by atoms with Crippen LogP contribution in [0.25, 0.3) is 0 Å². The highest BCUT2D eigenvalue weighted by atomic mass is 35.5. The quantitative estimate of drug-likeness (QED) is 0.812. The van der Waals surface area contributed by atoms with E-state index in [1.807, 2.05) is 39.1 Å². The lowest BCUT2D eigenvalue weighted by Crippen LogP contribution is -2.23. The molecule has 3 heteroatoms. The Morgan fingerprint density at radius 2 is 1.85 bits per heavy atom. The fourth-order valence-electron chi connectivity index (χ4n) is 1.60. The second-order valence-corrected chi connectivity index (χ2v) is 4.58. The van der Waals surface area contributed by atoms with Gasteiger partial charge in [-0.15, -0.1) is 0 Å². The van der Waals surface area contributed by atoms with Crippen LogP contribution in [0.3, 0.4) is 0 Å². The van der Waals surface area contributed by atoms with Gasteiger partial charge in [0.05, 0.1) is 0 Å². The molecule has 0 aliphatic carbocycles. The van der Waals surface area contributed by atoms with Gasteiger partial charge in [-0.2, -0.15) is 0 Å². The fourth-order valence-corrected chi connectivity index (χ4v) is 1.89. The molecule has 0 heterocycles. The van der Waals surface area contributed by atoms with E-state index in [0.717, 1.165) is 11.6 Å². The summed E-state index contributed by atoms with van der Waals surface area (Å²) in [6.45, 7) is 12.9. The van der Waals surface area contributed by atoms with E-state index in [1.54, 1.807) is 6.20 Å². The van der Waals surface area contributed by atoms with E-state index >= 15 is 0 Å². The molecule has 116 valence electrons. The van der Waals surface area contributed by atoms with E-state index in [1.165, 1.54) is 12.0 Å². The van der Waals surface area contributed by atoms with Crippen molar-refractivity contribution in [3.63, 3.8) is 0 Å². The summed E-state index contributed by atoms with van der Waals surface area (Å²) < 4.78 is 0. The molecule has 0 radical (unpaired) electrons. The zero-order valence-corrected chi connectivity index (χ0v) is 14.7. The van der Waals surface area contributed by atoms with Crippen LogP contribution in [-0.2, 0) is 0 Å². The van der Waals surface area contributed by atoms with Crippen LogP contribution in [0.2, 0.25) is 5.02 Å². The zero-order chi connectivity index (χ0) is 16.0. The normalized spacial score (nSPS) is 10.6. The third kappa shape index (κ3) is 9.00. The number of nitrogens with one attached hydrogen (secondary N) is 1. The molecule has 0 aliphatic rings. The summed E-state index contributed by atoms with van der Waals surface area (Å²) in [5.74, 6) is 0. The molecule has 0 spiro atoms. The van der Waals surface area contributed by atoms with E-state index in [-0.39, 0.29) is 0 Å². The number of halogens is 1. The molecule has 1 aromatic carbocycles. The molecule has 0 saturated carbocycles. The van der Waals surface area contributed by atoms with Crippen LogP contribution in [0.5, 0.6) is 0 Å². The van der Waals surface area contributed by atoms with Crippen LogP contribution in [0, 0.1) is 0 Å². The van der Waals surface area contributed by atoms with Crippen LogP contribution in [-0.4, -0.2) is 25.5 Å². The highest BCUT2D eigenvalue weighted by Gasteiger charge is 2.12. The van der Waals surface area contributed by atoms with Crippen molar-refractivity contribution >= 4 is 11.6 Å². The standard InChI is InChI=1S/C12H18ClN.C3H7N.C2H6/c1-4-9-14(3)10(2)11-7-5-6-8-12(11)13;1-3-4-2;1-2/h5-8,10H,4,9H2,1-3H3;3-4H,1H2,2H3;1-2H3. The maximum absolute atomic E-state index is 6.14. The summed E-state index contributed by atoms with van der Waals surface area (Å²) in [7, 11) is 3.95. The fraction of sp³-hybridized carbons (Fsp3) is 0.529. The van der Waals surface area contributed by atoms with Crippen molar-refractivity contribution in [3.05, 3.63) is 47.6 Å². The summed E-state index contributed by atoms with van der Waals surface area (Å²) in [4.78, 5) is 2.32. The minimum atomic E-state index is 0.392. The van der Waals surface area contributed by atoms with Crippen molar-refractivity contribution < 1.29 is 0 Å². The zero-order valence-electron chi connectivity index (χ0n) is 13.9. The van der Waals surface area contributed by atoms with Crippen molar-refractivity contribution in [2.45, 2.75) is 40.2 Å². The number of rotatable bonds is 5. The molecular weight excluding hydrogens is 268 g/mol. The van der Waals surface area contributed by atoms with Gasteiger partial charge < -0.3 is 5.32 Å². The summed E-state index contributed by atoms with van der Waals surface area (Å²) in [5.41, 5.74) is 1.21.